The molecule has 0 radical (unpaired) electrons. The molecular formula is C10H16N8. The lowest BCUT2D eigenvalue weighted by Crippen LogP contribution is -2.13. The van der Waals surface area contributed by atoms with Crippen molar-refractivity contribution in [2.24, 2.45) is 0 Å². The first-order valence-corrected chi connectivity index (χ1v) is 5.92. The standard InChI is InChI=1S/C10H16N8/c1-3-5-13-9-15-8(12-4-2)16-10(17-9)18-7-11-6-14-18/h6-7H,3-5H2,1-2H3,(H2,12,13,15,16,17). The van der Waals surface area contributed by atoms with E-state index in [4.69, 9.17) is 0 Å². The number of nitrogens with one attached hydrogen (secondary N) is 2. The zero-order chi connectivity index (χ0) is 12.8. The maximum Gasteiger partial charge on any atom is 0.258 e. The van der Waals surface area contributed by atoms with Crippen LogP contribution >= 0.6 is 0 Å². The highest BCUT2D eigenvalue weighted by atomic mass is 15.4. The van der Waals surface area contributed by atoms with E-state index in [2.05, 4.69) is 42.6 Å². The molecule has 0 unspecified atom stereocenters. The zero-order valence-corrected chi connectivity index (χ0v) is 10.5. The van der Waals surface area contributed by atoms with Gasteiger partial charge in [-0.2, -0.15) is 24.7 Å². The predicted molar refractivity (Wildman–Crippen MR) is 67.7 cm³/mol. The van der Waals surface area contributed by atoms with Crippen LogP contribution in [0.15, 0.2) is 12.7 Å². The molecule has 18 heavy (non-hydrogen) atoms. The van der Waals surface area contributed by atoms with Gasteiger partial charge in [0.25, 0.3) is 5.95 Å². The van der Waals surface area contributed by atoms with Crippen LogP contribution in [0, 0.1) is 0 Å². The summed E-state index contributed by atoms with van der Waals surface area (Å²) in [6.07, 6.45) is 3.99. The Morgan fingerprint density at radius 3 is 2.50 bits per heavy atom. The summed E-state index contributed by atoms with van der Waals surface area (Å²) in [7, 11) is 0. The van der Waals surface area contributed by atoms with E-state index in [9.17, 15) is 0 Å². The number of aromatic nitrogens is 6. The monoisotopic (exact) mass is 248 g/mol. The molecule has 0 aromatic carbocycles. The minimum atomic E-state index is 0.442. The molecule has 0 aliphatic heterocycles. The van der Waals surface area contributed by atoms with Gasteiger partial charge in [-0.05, 0) is 13.3 Å². The van der Waals surface area contributed by atoms with E-state index in [1.165, 1.54) is 11.0 Å². The average Bonchev–Trinajstić information content (AvgIpc) is 2.90. The number of hydrogen-bond acceptors (Lipinski definition) is 7. The summed E-state index contributed by atoms with van der Waals surface area (Å²) in [4.78, 5) is 16.7. The number of anilines is 2. The van der Waals surface area contributed by atoms with Crippen LogP contribution in [0.2, 0.25) is 0 Å². The van der Waals surface area contributed by atoms with Crippen molar-refractivity contribution in [1.82, 2.24) is 29.7 Å². The van der Waals surface area contributed by atoms with Gasteiger partial charge in [0, 0.05) is 13.1 Å². The van der Waals surface area contributed by atoms with Gasteiger partial charge in [-0.25, -0.2) is 4.98 Å². The third kappa shape index (κ3) is 2.90. The van der Waals surface area contributed by atoms with Crippen LogP contribution in [0.1, 0.15) is 20.3 Å². The summed E-state index contributed by atoms with van der Waals surface area (Å²) >= 11 is 0. The predicted octanol–water partition coefficient (Wildman–Crippen LogP) is 0.706. The van der Waals surface area contributed by atoms with E-state index in [1.54, 1.807) is 6.33 Å². The molecule has 0 aliphatic rings. The van der Waals surface area contributed by atoms with Gasteiger partial charge in [-0.1, -0.05) is 6.92 Å². The Labute approximate surface area is 105 Å². The summed E-state index contributed by atoms with van der Waals surface area (Å²) in [6.45, 7) is 5.62. The Morgan fingerprint density at radius 1 is 1.11 bits per heavy atom. The summed E-state index contributed by atoms with van der Waals surface area (Å²) < 4.78 is 1.50. The van der Waals surface area contributed by atoms with Crippen LogP contribution in [0.5, 0.6) is 0 Å². The molecule has 0 atom stereocenters. The minimum absolute atomic E-state index is 0.442. The highest BCUT2D eigenvalue weighted by Gasteiger charge is 2.07. The van der Waals surface area contributed by atoms with Crippen molar-refractivity contribution in [2.75, 3.05) is 23.7 Å². The molecule has 96 valence electrons. The quantitative estimate of drug-likeness (QED) is 0.777. The van der Waals surface area contributed by atoms with E-state index < -0.39 is 0 Å². The molecule has 0 aliphatic carbocycles. The summed E-state index contributed by atoms with van der Waals surface area (Å²) in [5.41, 5.74) is 0. The third-order valence-electron chi connectivity index (χ3n) is 2.12. The van der Waals surface area contributed by atoms with Crippen LogP contribution in [0.25, 0.3) is 5.95 Å². The van der Waals surface area contributed by atoms with Gasteiger partial charge in [0.1, 0.15) is 12.7 Å². The molecule has 2 N–H and O–H groups in total. The van der Waals surface area contributed by atoms with Gasteiger partial charge < -0.3 is 10.6 Å². The van der Waals surface area contributed by atoms with Gasteiger partial charge in [-0.3, -0.25) is 0 Å². The van der Waals surface area contributed by atoms with Gasteiger partial charge in [0.2, 0.25) is 11.9 Å². The maximum atomic E-state index is 4.28. The Morgan fingerprint density at radius 2 is 1.89 bits per heavy atom. The number of nitrogens with zero attached hydrogens (tertiary/aromatic N) is 6. The second kappa shape index (κ2) is 5.89. The van der Waals surface area contributed by atoms with Gasteiger partial charge in [0.05, 0.1) is 0 Å². The fourth-order valence-electron chi connectivity index (χ4n) is 1.33. The van der Waals surface area contributed by atoms with E-state index in [1.807, 2.05) is 6.92 Å². The number of hydrogen-bond donors (Lipinski definition) is 2. The fourth-order valence-corrected chi connectivity index (χ4v) is 1.33. The highest BCUT2D eigenvalue weighted by Crippen LogP contribution is 2.08. The smallest absolute Gasteiger partial charge is 0.258 e. The van der Waals surface area contributed by atoms with E-state index in [-0.39, 0.29) is 0 Å². The van der Waals surface area contributed by atoms with E-state index in [0.717, 1.165) is 19.5 Å². The second-order valence-electron chi connectivity index (χ2n) is 3.58. The second-order valence-corrected chi connectivity index (χ2v) is 3.58. The van der Waals surface area contributed by atoms with Gasteiger partial charge in [0.15, 0.2) is 0 Å². The zero-order valence-electron chi connectivity index (χ0n) is 10.5. The highest BCUT2D eigenvalue weighted by molar-refractivity contribution is 5.37. The van der Waals surface area contributed by atoms with Crippen LogP contribution in [-0.2, 0) is 0 Å². The van der Waals surface area contributed by atoms with Crippen molar-refractivity contribution in [3.63, 3.8) is 0 Å². The van der Waals surface area contributed by atoms with Crippen LogP contribution in [0.3, 0.4) is 0 Å². The normalized spacial score (nSPS) is 10.3. The largest absolute Gasteiger partial charge is 0.354 e. The first-order chi connectivity index (χ1) is 8.83. The molecule has 8 nitrogen and oxygen atoms in total. The van der Waals surface area contributed by atoms with Crippen molar-refractivity contribution in [3.05, 3.63) is 12.7 Å². The SMILES string of the molecule is CCCNc1nc(NCC)nc(-n2cncn2)n1. The average molecular weight is 248 g/mol. The molecule has 0 amide bonds. The van der Waals surface area contributed by atoms with Crippen molar-refractivity contribution in [3.8, 4) is 5.95 Å². The van der Waals surface area contributed by atoms with Crippen molar-refractivity contribution in [1.29, 1.82) is 0 Å². The molecule has 0 fully saturated rings. The fraction of sp³-hybridized carbons (Fsp3) is 0.500. The lowest BCUT2D eigenvalue weighted by molar-refractivity contribution is 0.792. The van der Waals surface area contributed by atoms with E-state index in [0.29, 0.717) is 17.8 Å². The molecular weight excluding hydrogens is 232 g/mol. The molecule has 2 heterocycles. The first kappa shape index (κ1) is 12.2. The Bertz CT molecular complexity index is 481. The van der Waals surface area contributed by atoms with Gasteiger partial charge >= 0.3 is 0 Å². The van der Waals surface area contributed by atoms with Crippen LogP contribution in [0.4, 0.5) is 11.9 Å². The maximum absolute atomic E-state index is 4.28. The molecule has 0 bridgehead atoms. The Hall–Kier alpha value is -2.25. The molecule has 2 rings (SSSR count). The summed E-state index contributed by atoms with van der Waals surface area (Å²) in [5, 5.41) is 10.2. The third-order valence-corrected chi connectivity index (χ3v) is 2.12. The Balaban J connectivity index is 2.30. The van der Waals surface area contributed by atoms with Crippen LogP contribution in [-0.4, -0.2) is 42.8 Å². The first-order valence-electron chi connectivity index (χ1n) is 5.92. The van der Waals surface area contributed by atoms with Crippen molar-refractivity contribution >= 4 is 11.9 Å². The Kier molecular flexibility index (Phi) is 4.00. The number of rotatable bonds is 6. The minimum Gasteiger partial charge on any atom is -0.354 e. The summed E-state index contributed by atoms with van der Waals surface area (Å²) in [5.74, 6) is 1.50. The molecule has 0 saturated carbocycles. The van der Waals surface area contributed by atoms with Crippen molar-refractivity contribution < 1.29 is 0 Å². The lowest BCUT2D eigenvalue weighted by atomic mass is 10.5. The topological polar surface area (TPSA) is 93.4 Å². The summed E-state index contributed by atoms with van der Waals surface area (Å²) in [6, 6.07) is 0. The van der Waals surface area contributed by atoms with Gasteiger partial charge in [-0.15, -0.1) is 0 Å². The van der Waals surface area contributed by atoms with Crippen molar-refractivity contribution in [2.45, 2.75) is 20.3 Å². The van der Waals surface area contributed by atoms with E-state index >= 15 is 0 Å². The lowest BCUT2D eigenvalue weighted by Gasteiger charge is -2.08. The molecule has 8 heteroatoms. The molecule has 0 saturated heterocycles. The molecule has 2 aromatic rings. The van der Waals surface area contributed by atoms with Crippen LogP contribution < -0.4 is 10.6 Å². The molecule has 0 spiro atoms. The molecule has 2 aromatic heterocycles.